The lowest BCUT2D eigenvalue weighted by atomic mass is 10.3. The van der Waals surface area contributed by atoms with Gasteiger partial charge in [-0.15, -0.1) is 12.4 Å². The Morgan fingerprint density at radius 3 is 2.35 bits per heavy atom. The van der Waals surface area contributed by atoms with Crippen molar-refractivity contribution in [3.63, 3.8) is 0 Å². The molecule has 0 aromatic carbocycles. The number of hydrogen-bond acceptors (Lipinski definition) is 7. The number of imide groups is 1. The molecule has 126 valence electrons. The summed E-state index contributed by atoms with van der Waals surface area (Å²) in [7, 11) is 0. The van der Waals surface area contributed by atoms with Crippen molar-refractivity contribution in [1.82, 2.24) is 19.8 Å². The Kier molecular flexibility index (Phi) is 6.61. The molecule has 0 atom stereocenters. The molecule has 2 saturated heterocycles. The van der Waals surface area contributed by atoms with Crippen molar-refractivity contribution < 1.29 is 9.59 Å². The fourth-order valence-corrected chi connectivity index (χ4v) is 3.43. The van der Waals surface area contributed by atoms with Gasteiger partial charge in [-0.05, 0) is 19.0 Å². The SMILES string of the molecule is Cl.O=C1CSC(=O)N1CCCN1CCN(c2ncccn2)CC1. The van der Waals surface area contributed by atoms with Crippen LogP contribution < -0.4 is 4.90 Å². The molecule has 1 aromatic heterocycles. The number of rotatable bonds is 5. The van der Waals surface area contributed by atoms with Gasteiger partial charge in [-0.2, -0.15) is 0 Å². The van der Waals surface area contributed by atoms with Crippen LogP contribution in [0.4, 0.5) is 10.7 Å². The van der Waals surface area contributed by atoms with Crippen molar-refractivity contribution in [2.75, 3.05) is 49.9 Å². The second kappa shape index (κ2) is 8.47. The van der Waals surface area contributed by atoms with Crippen LogP contribution in [0.3, 0.4) is 0 Å². The molecule has 2 aliphatic rings. The van der Waals surface area contributed by atoms with Crippen LogP contribution in [-0.2, 0) is 4.79 Å². The van der Waals surface area contributed by atoms with Crippen LogP contribution in [0.15, 0.2) is 18.5 Å². The minimum Gasteiger partial charge on any atom is -0.338 e. The molecule has 0 aliphatic carbocycles. The third-order valence-corrected chi connectivity index (χ3v) is 4.76. The van der Waals surface area contributed by atoms with E-state index >= 15 is 0 Å². The van der Waals surface area contributed by atoms with Crippen molar-refractivity contribution >= 4 is 41.3 Å². The average molecular weight is 358 g/mol. The lowest BCUT2D eigenvalue weighted by Crippen LogP contribution is -2.47. The Bertz CT molecular complexity index is 523. The first kappa shape index (κ1) is 18.0. The van der Waals surface area contributed by atoms with Gasteiger partial charge in [0.05, 0.1) is 5.75 Å². The van der Waals surface area contributed by atoms with E-state index in [9.17, 15) is 9.59 Å². The largest absolute Gasteiger partial charge is 0.338 e. The normalized spacial score (nSPS) is 19.1. The number of aromatic nitrogens is 2. The molecular formula is C14H20ClN5O2S. The number of anilines is 1. The number of amides is 2. The maximum absolute atomic E-state index is 11.5. The predicted octanol–water partition coefficient (Wildman–Crippen LogP) is 1.11. The third kappa shape index (κ3) is 4.55. The number of halogens is 1. The molecule has 2 fully saturated rings. The lowest BCUT2D eigenvalue weighted by Gasteiger charge is -2.34. The molecule has 3 rings (SSSR count). The van der Waals surface area contributed by atoms with Gasteiger partial charge < -0.3 is 4.90 Å². The van der Waals surface area contributed by atoms with E-state index in [1.807, 2.05) is 6.07 Å². The number of hydrogen-bond donors (Lipinski definition) is 0. The van der Waals surface area contributed by atoms with Crippen LogP contribution in [0.25, 0.3) is 0 Å². The summed E-state index contributed by atoms with van der Waals surface area (Å²) in [4.78, 5) is 37.5. The van der Waals surface area contributed by atoms with Gasteiger partial charge in [0.25, 0.3) is 5.24 Å². The van der Waals surface area contributed by atoms with Gasteiger partial charge in [0.15, 0.2) is 0 Å². The maximum Gasteiger partial charge on any atom is 0.288 e. The Balaban J connectivity index is 0.00000192. The van der Waals surface area contributed by atoms with Crippen LogP contribution in [0.1, 0.15) is 6.42 Å². The van der Waals surface area contributed by atoms with Crippen LogP contribution in [0, 0.1) is 0 Å². The number of thioether (sulfide) groups is 1. The van der Waals surface area contributed by atoms with E-state index in [1.165, 1.54) is 4.90 Å². The molecule has 0 radical (unpaired) electrons. The lowest BCUT2D eigenvalue weighted by molar-refractivity contribution is -0.124. The molecule has 0 unspecified atom stereocenters. The summed E-state index contributed by atoms with van der Waals surface area (Å²) in [5.41, 5.74) is 0. The van der Waals surface area contributed by atoms with Crippen LogP contribution >= 0.6 is 24.2 Å². The second-order valence-corrected chi connectivity index (χ2v) is 6.26. The minimum atomic E-state index is -0.101. The molecule has 0 spiro atoms. The molecule has 0 saturated carbocycles. The topological polar surface area (TPSA) is 69.6 Å². The summed E-state index contributed by atoms with van der Waals surface area (Å²) in [6, 6.07) is 1.82. The predicted molar refractivity (Wildman–Crippen MR) is 92.1 cm³/mol. The van der Waals surface area contributed by atoms with Crippen LogP contribution in [0.5, 0.6) is 0 Å². The van der Waals surface area contributed by atoms with E-state index in [-0.39, 0.29) is 23.6 Å². The summed E-state index contributed by atoms with van der Waals surface area (Å²) in [6.45, 7) is 5.16. The van der Waals surface area contributed by atoms with Crippen LogP contribution in [-0.4, -0.2) is 75.9 Å². The molecule has 3 heterocycles. The van der Waals surface area contributed by atoms with Gasteiger partial charge in [0.2, 0.25) is 11.9 Å². The molecule has 2 aliphatic heterocycles. The number of piperazine rings is 1. The van der Waals surface area contributed by atoms with Gasteiger partial charge in [0, 0.05) is 45.1 Å². The Morgan fingerprint density at radius 1 is 1.04 bits per heavy atom. The molecular weight excluding hydrogens is 338 g/mol. The Labute approximate surface area is 145 Å². The van der Waals surface area contributed by atoms with Gasteiger partial charge >= 0.3 is 0 Å². The van der Waals surface area contributed by atoms with E-state index in [4.69, 9.17) is 0 Å². The summed E-state index contributed by atoms with van der Waals surface area (Å²) in [5.74, 6) is 1.03. The van der Waals surface area contributed by atoms with E-state index < -0.39 is 0 Å². The quantitative estimate of drug-likeness (QED) is 0.781. The zero-order valence-electron chi connectivity index (χ0n) is 12.8. The fraction of sp³-hybridized carbons (Fsp3) is 0.571. The summed E-state index contributed by atoms with van der Waals surface area (Å²) < 4.78 is 0. The maximum atomic E-state index is 11.5. The van der Waals surface area contributed by atoms with Gasteiger partial charge in [-0.3, -0.25) is 19.4 Å². The van der Waals surface area contributed by atoms with Gasteiger partial charge in [0.1, 0.15) is 0 Å². The molecule has 2 amide bonds. The fourth-order valence-electron chi connectivity index (χ4n) is 2.68. The van der Waals surface area contributed by atoms with Crippen LogP contribution in [0.2, 0.25) is 0 Å². The highest BCUT2D eigenvalue weighted by atomic mass is 35.5. The Morgan fingerprint density at radius 2 is 1.74 bits per heavy atom. The minimum absolute atomic E-state index is 0. The standard InChI is InChI=1S/C14H19N5O2S.ClH/c20-12-11-22-14(21)19(12)6-2-5-17-7-9-18(10-8-17)13-15-3-1-4-16-13;/h1,3-4H,2,5-11H2;1H. The first-order valence-electron chi connectivity index (χ1n) is 7.45. The third-order valence-electron chi connectivity index (χ3n) is 3.90. The van der Waals surface area contributed by atoms with Crippen molar-refractivity contribution in [3.8, 4) is 0 Å². The zero-order valence-corrected chi connectivity index (χ0v) is 14.4. The molecule has 0 N–H and O–H groups in total. The van der Waals surface area contributed by atoms with E-state index in [0.717, 1.165) is 56.9 Å². The number of nitrogens with zero attached hydrogens (tertiary/aromatic N) is 5. The van der Waals surface area contributed by atoms with E-state index in [0.29, 0.717) is 12.3 Å². The van der Waals surface area contributed by atoms with Gasteiger partial charge in [-0.25, -0.2) is 9.97 Å². The Hall–Kier alpha value is -1.38. The molecule has 0 bridgehead atoms. The zero-order chi connectivity index (χ0) is 15.4. The number of carbonyl (C=O) groups is 2. The van der Waals surface area contributed by atoms with Crippen molar-refractivity contribution in [1.29, 1.82) is 0 Å². The van der Waals surface area contributed by atoms with E-state index in [1.54, 1.807) is 12.4 Å². The molecule has 7 nitrogen and oxygen atoms in total. The summed E-state index contributed by atoms with van der Waals surface area (Å²) in [6.07, 6.45) is 4.35. The monoisotopic (exact) mass is 357 g/mol. The molecule has 23 heavy (non-hydrogen) atoms. The van der Waals surface area contributed by atoms with Gasteiger partial charge in [-0.1, -0.05) is 11.8 Å². The van der Waals surface area contributed by atoms with Crippen molar-refractivity contribution in [3.05, 3.63) is 18.5 Å². The summed E-state index contributed by atoms with van der Waals surface area (Å²) >= 11 is 1.10. The molecule has 9 heteroatoms. The first-order valence-corrected chi connectivity index (χ1v) is 8.44. The second-order valence-electron chi connectivity index (χ2n) is 5.33. The van der Waals surface area contributed by atoms with E-state index in [2.05, 4.69) is 19.8 Å². The molecule has 1 aromatic rings. The first-order chi connectivity index (χ1) is 10.7. The highest BCUT2D eigenvalue weighted by Crippen LogP contribution is 2.19. The highest BCUT2D eigenvalue weighted by molar-refractivity contribution is 8.14. The smallest absolute Gasteiger partial charge is 0.288 e. The van der Waals surface area contributed by atoms with Crippen molar-refractivity contribution in [2.45, 2.75) is 6.42 Å². The average Bonchev–Trinajstić information content (AvgIpc) is 2.88. The number of carbonyl (C=O) groups excluding carboxylic acids is 2. The van der Waals surface area contributed by atoms with Crippen molar-refractivity contribution in [2.24, 2.45) is 0 Å². The highest BCUT2D eigenvalue weighted by Gasteiger charge is 2.29. The summed E-state index contributed by atoms with van der Waals surface area (Å²) in [5, 5.41) is -0.101.